The van der Waals surface area contributed by atoms with Crippen molar-refractivity contribution in [3.8, 4) is 5.75 Å². The van der Waals surface area contributed by atoms with Gasteiger partial charge in [-0.3, -0.25) is 0 Å². The van der Waals surface area contributed by atoms with E-state index in [9.17, 15) is 0 Å². The van der Waals surface area contributed by atoms with Gasteiger partial charge in [-0.15, -0.1) is 0 Å². The van der Waals surface area contributed by atoms with E-state index in [0.29, 0.717) is 13.2 Å². The third kappa shape index (κ3) is 1.43. The van der Waals surface area contributed by atoms with E-state index in [1.807, 2.05) is 0 Å². The highest BCUT2D eigenvalue weighted by Gasteiger charge is 2.24. The van der Waals surface area contributed by atoms with Crippen LogP contribution in [0.3, 0.4) is 0 Å². The monoisotopic (exact) mass is 205 g/mol. The summed E-state index contributed by atoms with van der Waals surface area (Å²) in [5.41, 5.74) is 9.91. The zero-order valence-corrected chi connectivity index (χ0v) is 8.66. The summed E-state index contributed by atoms with van der Waals surface area (Å²) < 4.78 is 11.1. The van der Waals surface area contributed by atoms with Gasteiger partial charge in [0.15, 0.2) is 0 Å². The van der Waals surface area contributed by atoms with E-state index in [-0.39, 0.29) is 6.04 Å². The van der Waals surface area contributed by atoms with Crippen molar-refractivity contribution in [3.05, 3.63) is 28.8 Å². The van der Waals surface area contributed by atoms with Crippen LogP contribution in [0.25, 0.3) is 0 Å². The molecule has 1 aromatic rings. The molecule has 3 nitrogen and oxygen atoms in total. The molecule has 0 saturated heterocycles. The predicted molar refractivity (Wildman–Crippen MR) is 56.8 cm³/mol. The lowest BCUT2D eigenvalue weighted by Crippen LogP contribution is -2.26. The average molecular weight is 205 g/mol. The van der Waals surface area contributed by atoms with Gasteiger partial charge >= 0.3 is 0 Å². The third-order valence-corrected chi connectivity index (χ3v) is 3.16. The normalized spacial score (nSPS) is 23.9. The van der Waals surface area contributed by atoms with Crippen molar-refractivity contribution in [1.82, 2.24) is 0 Å². The number of hydrogen-bond donors (Lipinski definition) is 1. The van der Waals surface area contributed by atoms with E-state index in [4.69, 9.17) is 15.2 Å². The van der Waals surface area contributed by atoms with Gasteiger partial charge in [-0.05, 0) is 35.6 Å². The van der Waals surface area contributed by atoms with Crippen LogP contribution in [-0.4, -0.2) is 13.2 Å². The minimum Gasteiger partial charge on any atom is -0.493 e. The molecule has 3 heteroatoms. The Labute approximate surface area is 89.2 Å². The summed E-state index contributed by atoms with van der Waals surface area (Å²) in [6, 6.07) is 4.15. The Kier molecular flexibility index (Phi) is 2.15. The van der Waals surface area contributed by atoms with Gasteiger partial charge in [0.1, 0.15) is 5.75 Å². The van der Waals surface area contributed by atoms with E-state index in [1.54, 1.807) is 0 Å². The number of rotatable bonds is 0. The maximum atomic E-state index is 6.09. The van der Waals surface area contributed by atoms with Gasteiger partial charge in [-0.25, -0.2) is 0 Å². The quantitative estimate of drug-likeness (QED) is 0.698. The van der Waals surface area contributed by atoms with Crippen molar-refractivity contribution in [2.45, 2.75) is 25.5 Å². The summed E-state index contributed by atoms with van der Waals surface area (Å²) in [6.45, 7) is 2.15. The van der Waals surface area contributed by atoms with Gasteiger partial charge in [0.2, 0.25) is 0 Å². The second-order valence-electron chi connectivity index (χ2n) is 4.19. The number of ether oxygens (including phenoxy) is 2. The fraction of sp³-hybridized carbons (Fsp3) is 0.500. The minimum atomic E-state index is 0.0189. The van der Waals surface area contributed by atoms with Crippen LogP contribution in [0.4, 0.5) is 0 Å². The molecule has 1 unspecified atom stereocenters. The Bertz CT molecular complexity index is 389. The topological polar surface area (TPSA) is 44.5 Å². The molecule has 1 atom stereocenters. The predicted octanol–water partition coefficient (Wildman–Crippen LogP) is 1.54. The summed E-state index contributed by atoms with van der Waals surface area (Å²) in [4.78, 5) is 0. The molecule has 0 aliphatic carbocycles. The van der Waals surface area contributed by atoms with Gasteiger partial charge in [-0.2, -0.15) is 0 Å². The zero-order chi connectivity index (χ0) is 10.3. The summed E-state index contributed by atoms with van der Waals surface area (Å²) >= 11 is 0. The van der Waals surface area contributed by atoms with E-state index in [0.717, 1.165) is 25.2 Å². The molecule has 2 N–H and O–H groups in total. The number of hydrogen-bond acceptors (Lipinski definition) is 3. The van der Waals surface area contributed by atoms with Crippen LogP contribution in [0.1, 0.15) is 29.2 Å². The summed E-state index contributed by atoms with van der Waals surface area (Å²) in [6.07, 6.45) is 2.18. The molecule has 3 rings (SSSR count). The smallest absolute Gasteiger partial charge is 0.122 e. The Morgan fingerprint density at radius 2 is 2.27 bits per heavy atom. The lowest BCUT2D eigenvalue weighted by atomic mass is 9.90. The molecule has 0 amide bonds. The highest BCUT2D eigenvalue weighted by atomic mass is 16.5. The molecule has 1 aromatic carbocycles. The molecule has 15 heavy (non-hydrogen) atoms. The molecule has 2 aliphatic heterocycles. The first kappa shape index (κ1) is 9.19. The number of fused-ring (bicyclic) bond motifs is 3. The van der Waals surface area contributed by atoms with Gasteiger partial charge in [0, 0.05) is 0 Å². The van der Waals surface area contributed by atoms with Crippen molar-refractivity contribution in [3.63, 3.8) is 0 Å². The van der Waals surface area contributed by atoms with Crippen LogP contribution >= 0.6 is 0 Å². The molecular weight excluding hydrogens is 190 g/mol. The van der Waals surface area contributed by atoms with Gasteiger partial charge in [0.25, 0.3) is 0 Å². The highest BCUT2D eigenvalue weighted by Crippen LogP contribution is 2.35. The number of nitrogens with two attached hydrogens (primary N) is 1. The molecule has 2 aliphatic rings. The lowest BCUT2D eigenvalue weighted by Gasteiger charge is -2.29. The highest BCUT2D eigenvalue weighted by molar-refractivity contribution is 5.48. The maximum Gasteiger partial charge on any atom is 0.122 e. The van der Waals surface area contributed by atoms with Crippen LogP contribution in [0, 0.1) is 0 Å². The Balaban J connectivity index is 2.15. The van der Waals surface area contributed by atoms with E-state index in [2.05, 4.69) is 12.1 Å². The maximum absolute atomic E-state index is 6.09. The Morgan fingerprint density at radius 1 is 1.33 bits per heavy atom. The Hall–Kier alpha value is -1.06. The van der Waals surface area contributed by atoms with Crippen molar-refractivity contribution in [2.24, 2.45) is 5.73 Å². The van der Waals surface area contributed by atoms with Crippen molar-refractivity contribution >= 4 is 0 Å². The zero-order valence-electron chi connectivity index (χ0n) is 8.66. The van der Waals surface area contributed by atoms with Crippen LogP contribution in [0.2, 0.25) is 0 Å². The van der Waals surface area contributed by atoms with Crippen molar-refractivity contribution < 1.29 is 9.47 Å². The fourth-order valence-electron chi connectivity index (χ4n) is 2.48. The fourth-order valence-corrected chi connectivity index (χ4v) is 2.48. The first-order chi connectivity index (χ1) is 7.36. The SMILES string of the molecule is NC1COCc2ccc3c(c21)CCCO3. The summed E-state index contributed by atoms with van der Waals surface area (Å²) in [7, 11) is 0. The first-order valence-corrected chi connectivity index (χ1v) is 5.47. The molecular formula is C12H15NO2. The molecule has 80 valence electrons. The molecule has 0 saturated carbocycles. The van der Waals surface area contributed by atoms with Crippen molar-refractivity contribution in [1.29, 1.82) is 0 Å². The van der Waals surface area contributed by atoms with Crippen molar-refractivity contribution in [2.75, 3.05) is 13.2 Å². The lowest BCUT2D eigenvalue weighted by molar-refractivity contribution is 0.0914. The molecule has 0 bridgehead atoms. The van der Waals surface area contributed by atoms with Gasteiger partial charge < -0.3 is 15.2 Å². The third-order valence-electron chi connectivity index (χ3n) is 3.16. The molecule has 2 heterocycles. The van der Waals surface area contributed by atoms with E-state index < -0.39 is 0 Å². The van der Waals surface area contributed by atoms with Crippen LogP contribution in [-0.2, 0) is 17.8 Å². The first-order valence-electron chi connectivity index (χ1n) is 5.47. The van der Waals surface area contributed by atoms with Gasteiger partial charge in [0.05, 0.1) is 25.9 Å². The largest absolute Gasteiger partial charge is 0.493 e. The van der Waals surface area contributed by atoms with E-state index in [1.165, 1.54) is 16.7 Å². The van der Waals surface area contributed by atoms with Gasteiger partial charge in [-0.1, -0.05) is 6.07 Å². The van der Waals surface area contributed by atoms with Crippen LogP contribution in [0.5, 0.6) is 5.75 Å². The molecule has 0 fully saturated rings. The summed E-state index contributed by atoms with van der Waals surface area (Å²) in [5, 5.41) is 0. The average Bonchev–Trinajstić information content (AvgIpc) is 2.29. The molecule has 0 radical (unpaired) electrons. The van der Waals surface area contributed by atoms with E-state index >= 15 is 0 Å². The Morgan fingerprint density at radius 3 is 3.20 bits per heavy atom. The minimum absolute atomic E-state index is 0.0189. The number of benzene rings is 1. The molecule has 0 spiro atoms. The second-order valence-corrected chi connectivity index (χ2v) is 4.19. The second kappa shape index (κ2) is 3.51. The summed E-state index contributed by atoms with van der Waals surface area (Å²) in [5.74, 6) is 1.03. The standard InChI is InChI=1S/C12H15NO2/c13-10-7-14-6-8-3-4-11-9(12(8)10)2-1-5-15-11/h3-4,10H,1-2,5-7,13H2. The van der Waals surface area contributed by atoms with Crippen LogP contribution in [0.15, 0.2) is 12.1 Å². The molecule has 0 aromatic heterocycles. The van der Waals surface area contributed by atoms with Crippen LogP contribution < -0.4 is 10.5 Å².